The van der Waals surface area contributed by atoms with E-state index in [0.29, 0.717) is 11.8 Å². The lowest BCUT2D eigenvalue weighted by molar-refractivity contribution is 0.116. The summed E-state index contributed by atoms with van der Waals surface area (Å²) in [5.74, 6) is 0.295. The van der Waals surface area contributed by atoms with Gasteiger partial charge >= 0.3 is 0 Å². The average Bonchev–Trinajstić information content (AvgIpc) is 2.66. The van der Waals surface area contributed by atoms with Crippen LogP contribution in [-0.4, -0.2) is 72.4 Å². The molecule has 0 aromatic heterocycles. The summed E-state index contributed by atoms with van der Waals surface area (Å²) >= 11 is 0. The van der Waals surface area contributed by atoms with E-state index >= 15 is 0 Å². The van der Waals surface area contributed by atoms with Crippen LogP contribution in [0.1, 0.15) is 19.3 Å². The third kappa shape index (κ3) is 8.85. The van der Waals surface area contributed by atoms with Gasteiger partial charge in [-0.15, -0.1) is 0 Å². The van der Waals surface area contributed by atoms with Gasteiger partial charge in [-0.05, 0) is 32.4 Å². The standard InChI is InChI=1S/C10H21NO3S.C2H6O/c1-14-9-10-5-3-6-11(10)7-4-8-15(2,12)13;1-3-2/h10H,3-9H2,1-2H3;1-2H3/t10-;/m1./s1. The lowest BCUT2D eigenvalue weighted by atomic mass is 10.2. The van der Waals surface area contributed by atoms with Gasteiger partial charge in [0.15, 0.2) is 0 Å². The van der Waals surface area contributed by atoms with Gasteiger partial charge in [0.25, 0.3) is 0 Å². The Morgan fingerprint density at radius 2 is 1.89 bits per heavy atom. The van der Waals surface area contributed by atoms with E-state index in [-0.39, 0.29) is 0 Å². The summed E-state index contributed by atoms with van der Waals surface area (Å²) in [7, 11) is 2.16. The van der Waals surface area contributed by atoms with Crippen molar-refractivity contribution in [1.82, 2.24) is 4.90 Å². The second-order valence-corrected chi connectivity index (χ2v) is 6.94. The predicted octanol–water partition coefficient (Wildman–Crippen LogP) is 0.795. The summed E-state index contributed by atoms with van der Waals surface area (Å²) in [6.07, 6.45) is 4.41. The fourth-order valence-electron chi connectivity index (χ4n) is 2.10. The fourth-order valence-corrected chi connectivity index (χ4v) is 2.75. The maximum Gasteiger partial charge on any atom is 0.147 e. The van der Waals surface area contributed by atoms with Gasteiger partial charge in [0.05, 0.1) is 12.4 Å². The summed E-state index contributed by atoms with van der Waals surface area (Å²) in [4.78, 5) is 2.34. The molecular formula is C12H27NO4S. The second kappa shape index (κ2) is 9.72. The summed E-state index contributed by atoms with van der Waals surface area (Å²) < 4.78 is 31.3. The van der Waals surface area contributed by atoms with Crippen molar-refractivity contribution >= 4 is 9.84 Å². The molecule has 0 bridgehead atoms. The lowest BCUT2D eigenvalue weighted by Gasteiger charge is -2.23. The molecule has 18 heavy (non-hydrogen) atoms. The maximum atomic E-state index is 11.0. The maximum absolute atomic E-state index is 11.0. The van der Waals surface area contributed by atoms with E-state index in [0.717, 1.165) is 26.1 Å². The van der Waals surface area contributed by atoms with Crippen molar-refractivity contribution in [2.75, 3.05) is 53.0 Å². The first-order valence-corrected chi connectivity index (χ1v) is 8.31. The molecule has 0 N–H and O–H groups in total. The second-order valence-electron chi connectivity index (χ2n) is 4.68. The molecule has 1 heterocycles. The Morgan fingerprint density at radius 1 is 1.28 bits per heavy atom. The minimum absolute atomic E-state index is 0.295. The van der Waals surface area contributed by atoms with Crippen molar-refractivity contribution in [3.63, 3.8) is 0 Å². The quantitative estimate of drug-likeness (QED) is 0.720. The monoisotopic (exact) mass is 281 g/mol. The summed E-state index contributed by atoms with van der Waals surface area (Å²) in [5.41, 5.74) is 0. The van der Waals surface area contributed by atoms with Crippen LogP contribution in [0.5, 0.6) is 0 Å². The van der Waals surface area contributed by atoms with Crippen LogP contribution in [0.2, 0.25) is 0 Å². The van der Waals surface area contributed by atoms with Crippen molar-refractivity contribution < 1.29 is 17.9 Å². The molecule has 110 valence electrons. The van der Waals surface area contributed by atoms with Crippen molar-refractivity contribution in [2.45, 2.75) is 25.3 Å². The highest BCUT2D eigenvalue weighted by Crippen LogP contribution is 2.17. The van der Waals surface area contributed by atoms with Crippen LogP contribution in [0, 0.1) is 0 Å². The third-order valence-electron chi connectivity index (χ3n) is 2.82. The van der Waals surface area contributed by atoms with Crippen LogP contribution in [-0.2, 0) is 19.3 Å². The van der Waals surface area contributed by atoms with Gasteiger partial charge < -0.3 is 9.47 Å². The van der Waals surface area contributed by atoms with Crippen molar-refractivity contribution in [3.05, 3.63) is 0 Å². The van der Waals surface area contributed by atoms with Gasteiger partial charge in [-0.2, -0.15) is 0 Å². The number of ether oxygens (including phenoxy) is 2. The highest BCUT2D eigenvalue weighted by molar-refractivity contribution is 7.90. The van der Waals surface area contributed by atoms with Gasteiger partial charge in [-0.25, -0.2) is 8.42 Å². The average molecular weight is 281 g/mol. The first kappa shape index (κ1) is 17.8. The number of sulfone groups is 1. The molecule has 1 aliphatic rings. The van der Waals surface area contributed by atoms with E-state index in [9.17, 15) is 8.42 Å². The zero-order valence-corrected chi connectivity index (χ0v) is 12.8. The van der Waals surface area contributed by atoms with E-state index in [2.05, 4.69) is 9.64 Å². The molecule has 5 nitrogen and oxygen atoms in total. The normalized spacial score (nSPS) is 20.6. The predicted molar refractivity (Wildman–Crippen MR) is 73.7 cm³/mol. The number of rotatable bonds is 6. The highest BCUT2D eigenvalue weighted by Gasteiger charge is 2.23. The molecule has 1 saturated heterocycles. The Balaban J connectivity index is 0.000000873. The van der Waals surface area contributed by atoms with Gasteiger partial charge in [-0.1, -0.05) is 0 Å². The van der Waals surface area contributed by atoms with Crippen molar-refractivity contribution in [2.24, 2.45) is 0 Å². The molecule has 1 aliphatic heterocycles. The van der Waals surface area contributed by atoms with E-state index in [1.165, 1.54) is 19.1 Å². The highest BCUT2D eigenvalue weighted by atomic mass is 32.2. The molecule has 1 rings (SSSR count). The molecule has 0 amide bonds. The zero-order chi connectivity index (χ0) is 14.0. The summed E-state index contributed by atoms with van der Waals surface area (Å²) in [6, 6.07) is 0.495. The van der Waals surface area contributed by atoms with Crippen molar-refractivity contribution in [1.29, 1.82) is 0 Å². The van der Waals surface area contributed by atoms with E-state index in [1.807, 2.05) is 0 Å². The fraction of sp³-hybridized carbons (Fsp3) is 1.00. The number of methoxy groups -OCH3 is 2. The first-order valence-electron chi connectivity index (χ1n) is 6.25. The smallest absolute Gasteiger partial charge is 0.147 e. The van der Waals surface area contributed by atoms with Crippen LogP contribution < -0.4 is 0 Å². The van der Waals surface area contributed by atoms with Gasteiger partial charge in [0, 0.05) is 33.6 Å². The molecule has 0 unspecified atom stereocenters. The molecule has 6 heteroatoms. The molecule has 0 aromatic rings. The molecular weight excluding hydrogens is 254 g/mol. The van der Waals surface area contributed by atoms with Gasteiger partial charge in [0.2, 0.25) is 0 Å². The van der Waals surface area contributed by atoms with E-state index in [1.54, 1.807) is 21.3 Å². The van der Waals surface area contributed by atoms with E-state index in [4.69, 9.17) is 4.74 Å². The number of hydrogen-bond acceptors (Lipinski definition) is 5. The molecule has 0 saturated carbocycles. The zero-order valence-electron chi connectivity index (χ0n) is 12.0. The van der Waals surface area contributed by atoms with Gasteiger partial charge in [0.1, 0.15) is 9.84 Å². The number of hydrogen-bond donors (Lipinski definition) is 0. The van der Waals surface area contributed by atoms with Crippen LogP contribution in [0.3, 0.4) is 0 Å². The largest absolute Gasteiger partial charge is 0.388 e. The molecule has 1 atom stereocenters. The Kier molecular flexibility index (Phi) is 9.63. The molecule has 0 radical (unpaired) electrons. The lowest BCUT2D eigenvalue weighted by Crippen LogP contribution is -2.34. The molecule has 0 aromatic carbocycles. The Bertz CT molecular complexity index is 292. The van der Waals surface area contributed by atoms with E-state index < -0.39 is 9.84 Å². The Hall–Kier alpha value is -0.170. The van der Waals surface area contributed by atoms with Crippen molar-refractivity contribution in [3.8, 4) is 0 Å². The van der Waals surface area contributed by atoms with Crippen LogP contribution in [0.4, 0.5) is 0 Å². The van der Waals surface area contributed by atoms with Crippen LogP contribution in [0.25, 0.3) is 0 Å². The topological polar surface area (TPSA) is 55.8 Å². The van der Waals surface area contributed by atoms with Crippen LogP contribution >= 0.6 is 0 Å². The third-order valence-corrected chi connectivity index (χ3v) is 3.85. The Labute approximate surface area is 111 Å². The number of likely N-dealkylation sites (tertiary alicyclic amines) is 1. The Morgan fingerprint density at radius 3 is 2.39 bits per heavy atom. The molecule has 1 fully saturated rings. The minimum Gasteiger partial charge on any atom is -0.388 e. The first-order chi connectivity index (χ1) is 8.44. The SMILES string of the molecule is COC.COC[C@H]1CCCN1CCCS(C)(=O)=O. The molecule has 0 spiro atoms. The summed E-state index contributed by atoms with van der Waals surface area (Å²) in [5, 5.41) is 0. The minimum atomic E-state index is -2.80. The van der Waals surface area contributed by atoms with Crippen LogP contribution in [0.15, 0.2) is 0 Å². The van der Waals surface area contributed by atoms with Gasteiger partial charge in [-0.3, -0.25) is 4.90 Å². The summed E-state index contributed by atoms with van der Waals surface area (Å²) in [6.45, 7) is 2.72. The molecule has 0 aliphatic carbocycles. The number of nitrogens with zero attached hydrogens (tertiary/aromatic N) is 1.